The molecule has 3 aromatic rings. The van der Waals surface area contributed by atoms with Crippen LogP contribution in [0.15, 0.2) is 72.8 Å². The van der Waals surface area contributed by atoms with E-state index in [4.69, 9.17) is 23.2 Å². The maximum Gasteiger partial charge on any atom is 0.0454 e. The summed E-state index contributed by atoms with van der Waals surface area (Å²) in [5, 5.41) is 4.98. The van der Waals surface area contributed by atoms with Gasteiger partial charge in [0.2, 0.25) is 0 Å². The average molecular weight is 356 g/mol. The first-order valence-electron chi connectivity index (χ1n) is 7.97. The van der Waals surface area contributed by atoms with Gasteiger partial charge in [-0.1, -0.05) is 77.8 Å². The third-order valence-corrected chi connectivity index (χ3v) is 4.70. The van der Waals surface area contributed by atoms with E-state index >= 15 is 0 Å². The van der Waals surface area contributed by atoms with Gasteiger partial charge >= 0.3 is 0 Å². The van der Waals surface area contributed by atoms with Crippen LogP contribution in [0.2, 0.25) is 10.0 Å². The van der Waals surface area contributed by atoms with E-state index in [9.17, 15) is 0 Å². The molecule has 0 aromatic heterocycles. The lowest BCUT2D eigenvalue weighted by molar-refractivity contribution is 0.575. The molecule has 1 nitrogen and oxygen atoms in total. The Labute approximate surface area is 153 Å². The van der Waals surface area contributed by atoms with Crippen LogP contribution >= 0.6 is 23.2 Å². The van der Waals surface area contributed by atoms with Crippen LogP contribution in [0.1, 0.15) is 24.1 Å². The van der Waals surface area contributed by atoms with Gasteiger partial charge in [0.15, 0.2) is 0 Å². The highest BCUT2D eigenvalue weighted by atomic mass is 35.5. The second-order valence-corrected chi connectivity index (χ2v) is 6.64. The number of hydrogen-bond acceptors (Lipinski definition) is 1. The molecular weight excluding hydrogens is 337 g/mol. The van der Waals surface area contributed by atoms with E-state index in [0.717, 1.165) is 17.1 Å². The highest BCUT2D eigenvalue weighted by Crippen LogP contribution is 2.28. The van der Waals surface area contributed by atoms with Crippen molar-refractivity contribution in [3.8, 4) is 11.1 Å². The molecule has 0 heterocycles. The van der Waals surface area contributed by atoms with Gasteiger partial charge in [-0.25, -0.2) is 0 Å². The van der Waals surface area contributed by atoms with Gasteiger partial charge in [0.25, 0.3) is 0 Å². The van der Waals surface area contributed by atoms with Crippen molar-refractivity contribution in [2.24, 2.45) is 0 Å². The van der Waals surface area contributed by atoms with Crippen LogP contribution in [0.25, 0.3) is 11.1 Å². The summed E-state index contributed by atoms with van der Waals surface area (Å²) in [7, 11) is 0. The van der Waals surface area contributed by atoms with Crippen molar-refractivity contribution in [2.75, 3.05) is 0 Å². The fourth-order valence-corrected chi connectivity index (χ4v) is 3.25. The standard InChI is InChI=1S/C21H19Cl2N/c1-15(20-13-18(22)11-12-21(20)23)24-14-17-9-5-6-10-19(17)16-7-3-2-4-8-16/h2-13,15,24H,14H2,1H3. The highest BCUT2D eigenvalue weighted by molar-refractivity contribution is 6.33. The zero-order chi connectivity index (χ0) is 16.9. The number of benzene rings is 3. The Morgan fingerprint density at radius 2 is 1.58 bits per heavy atom. The zero-order valence-electron chi connectivity index (χ0n) is 13.5. The molecular formula is C21H19Cl2N. The fourth-order valence-electron chi connectivity index (χ4n) is 2.79. The molecule has 1 atom stereocenters. The molecule has 0 radical (unpaired) electrons. The van der Waals surface area contributed by atoms with Crippen molar-refractivity contribution in [1.82, 2.24) is 5.32 Å². The van der Waals surface area contributed by atoms with Gasteiger partial charge in [0, 0.05) is 22.6 Å². The SMILES string of the molecule is CC(NCc1ccccc1-c1ccccc1)c1cc(Cl)ccc1Cl. The minimum atomic E-state index is 0.111. The molecule has 122 valence electrons. The van der Waals surface area contributed by atoms with E-state index in [0.29, 0.717) is 5.02 Å². The van der Waals surface area contributed by atoms with Crippen LogP contribution in [0.3, 0.4) is 0 Å². The quantitative estimate of drug-likeness (QED) is 0.549. The molecule has 0 spiro atoms. The van der Waals surface area contributed by atoms with Gasteiger partial charge in [-0.05, 0) is 47.4 Å². The Hall–Kier alpha value is -1.80. The van der Waals surface area contributed by atoms with Gasteiger partial charge in [0.05, 0.1) is 0 Å². The molecule has 3 aromatic carbocycles. The molecule has 3 heteroatoms. The Morgan fingerprint density at radius 3 is 2.38 bits per heavy atom. The molecule has 0 bridgehead atoms. The van der Waals surface area contributed by atoms with Crippen LogP contribution in [0.5, 0.6) is 0 Å². The third kappa shape index (κ3) is 3.99. The Kier molecular flexibility index (Phi) is 5.57. The Morgan fingerprint density at radius 1 is 0.875 bits per heavy atom. The van der Waals surface area contributed by atoms with Gasteiger partial charge in [-0.2, -0.15) is 0 Å². The van der Waals surface area contributed by atoms with E-state index in [2.05, 4.69) is 60.8 Å². The molecule has 0 fully saturated rings. The van der Waals surface area contributed by atoms with Crippen LogP contribution in [0.4, 0.5) is 0 Å². The predicted octanol–water partition coefficient (Wildman–Crippen LogP) is 6.51. The van der Waals surface area contributed by atoms with Gasteiger partial charge in [-0.3, -0.25) is 0 Å². The highest BCUT2D eigenvalue weighted by Gasteiger charge is 2.11. The van der Waals surface area contributed by atoms with Gasteiger partial charge < -0.3 is 5.32 Å². The zero-order valence-corrected chi connectivity index (χ0v) is 15.0. The summed E-state index contributed by atoms with van der Waals surface area (Å²) in [6.07, 6.45) is 0. The van der Waals surface area contributed by atoms with E-state index in [1.807, 2.05) is 24.3 Å². The van der Waals surface area contributed by atoms with Crippen molar-refractivity contribution in [3.63, 3.8) is 0 Å². The normalized spacial score (nSPS) is 12.1. The van der Waals surface area contributed by atoms with Crippen molar-refractivity contribution in [1.29, 1.82) is 0 Å². The number of hydrogen-bond donors (Lipinski definition) is 1. The smallest absolute Gasteiger partial charge is 0.0454 e. The minimum absolute atomic E-state index is 0.111. The van der Waals surface area contributed by atoms with E-state index < -0.39 is 0 Å². The first-order chi connectivity index (χ1) is 11.6. The van der Waals surface area contributed by atoms with E-state index in [1.54, 1.807) is 0 Å². The third-order valence-electron chi connectivity index (χ3n) is 4.13. The van der Waals surface area contributed by atoms with Crippen molar-refractivity contribution in [3.05, 3.63) is 94.0 Å². The number of rotatable bonds is 5. The molecule has 3 rings (SSSR count). The molecule has 0 aliphatic carbocycles. The summed E-state index contributed by atoms with van der Waals surface area (Å²) in [6.45, 7) is 2.86. The number of halogens is 2. The monoisotopic (exact) mass is 355 g/mol. The summed E-state index contributed by atoms with van der Waals surface area (Å²) < 4.78 is 0. The van der Waals surface area contributed by atoms with E-state index in [-0.39, 0.29) is 6.04 Å². The molecule has 0 aliphatic heterocycles. The first kappa shape index (κ1) is 17.0. The van der Waals surface area contributed by atoms with E-state index in [1.165, 1.54) is 16.7 Å². The molecule has 0 saturated heterocycles. The maximum atomic E-state index is 6.30. The van der Waals surface area contributed by atoms with Crippen LogP contribution in [-0.2, 0) is 6.54 Å². The maximum absolute atomic E-state index is 6.30. The van der Waals surface area contributed by atoms with Crippen LogP contribution in [0, 0.1) is 0 Å². The lowest BCUT2D eigenvalue weighted by atomic mass is 9.99. The fraction of sp³-hybridized carbons (Fsp3) is 0.143. The summed E-state index contributed by atoms with van der Waals surface area (Å²) in [5.41, 5.74) is 4.74. The lowest BCUT2D eigenvalue weighted by Gasteiger charge is -2.18. The second kappa shape index (κ2) is 7.85. The van der Waals surface area contributed by atoms with Crippen LogP contribution < -0.4 is 5.32 Å². The number of nitrogens with one attached hydrogen (secondary N) is 1. The van der Waals surface area contributed by atoms with Gasteiger partial charge in [0.1, 0.15) is 0 Å². The van der Waals surface area contributed by atoms with Crippen molar-refractivity contribution in [2.45, 2.75) is 19.5 Å². The first-order valence-corrected chi connectivity index (χ1v) is 8.72. The molecule has 0 saturated carbocycles. The molecule has 1 unspecified atom stereocenters. The predicted molar refractivity (Wildman–Crippen MR) is 104 cm³/mol. The average Bonchev–Trinajstić information content (AvgIpc) is 2.62. The summed E-state index contributed by atoms with van der Waals surface area (Å²) in [5.74, 6) is 0. The summed E-state index contributed by atoms with van der Waals surface area (Å²) >= 11 is 12.4. The Balaban J connectivity index is 1.79. The van der Waals surface area contributed by atoms with Crippen LogP contribution in [-0.4, -0.2) is 0 Å². The van der Waals surface area contributed by atoms with Crippen molar-refractivity contribution < 1.29 is 0 Å². The largest absolute Gasteiger partial charge is 0.306 e. The van der Waals surface area contributed by atoms with Crippen molar-refractivity contribution >= 4 is 23.2 Å². The topological polar surface area (TPSA) is 12.0 Å². The molecule has 0 amide bonds. The summed E-state index contributed by atoms with van der Waals surface area (Å²) in [4.78, 5) is 0. The molecule has 24 heavy (non-hydrogen) atoms. The second-order valence-electron chi connectivity index (χ2n) is 5.79. The minimum Gasteiger partial charge on any atom is -0.306 e. The Bertz CT molecular complexity index is 815. The molecule has 1 N–H and O–H groups in total. The lowest BCUT2D eigenvalue weighted by Crippen LogP contribution is -2.18. The van der Waals surface area contributed by atoms with Gasteiger partial charge in [-0.15, -0.1) is 0 Å². The summed E-state index contributed by atoms with van der Waals surface area (Å²) in [6, 6.07) is 24.6. The molecule has 0 aliphatic rings.